The predicted molar refractivity (Wildman–Crippen MR) is 168 cm³/mol. The lowest BCUT2D eigenvalue weighted by molar-refractivity contribution is -0.121. The van der Waals surface area contributed by atoms with Gasteiger partial charge in [0.15, 0.2) is 0 Å². The summed E-state index contributed by atoms with van der Waals surface area (Å²) in [4.78, 5) is 19.7. The fourth-order valence-electron chi connectivity index (χ4n) is 8.14. The molecule has 0 amide bonds. The quantitative estimate of drug-likeness (QED) is 0.241. The third-order valence-corrected chi connectivity index (χ3v) is 10.7. The molecule has 2 aliphatic carbocycles. The van der Waals surface area contributed by atoms with Gasteiger partial charge in [0, 0.05) is 35.1 Å². The lowest BCUT2D eigenvalue weighted by Crippen LogP contribution is -2.29. The molecule has 4 unspecified atom stereocenters. The van der Waals surface area contributed by atoms with E-state index in [1.54, 1.807) is 37.2 Å². The van der Waals surface area contributed by atoms with E-state index >= 15 is 0 Å². The number of nitrogens with zero attached hydrogens (tertiary/aromatic N) is 4. The monoisotopic (exact) mass is 630 g/mol. The number of rotatable bonds is 6. The Hall–Kier alpha value is -3.73. The van der Waals surface area contributed by atoms with Crippen LogP contribution in [0.2, 0.25) is 0 Å². The van der Waals surface area contributed by atoms with Gasteiger partial charge in [0.1, 0.15) is 17.4 Å². The molecule has 242 valence electrons. The molecule has 46 heavy (non-hydrogen) atoms. The van der Waals surface area contributed by atoms with Crippen LogP contribution in [0.1, 0.15) is 87.4 Å². The third-order valence-electron chi connectivity index (χ3n) is 10.7. The molecule has 0 spiro atoms. The Morgan fingerprint density at radius 2 is 1.17 bits per heavy atom. The highest BCUT2D eigenvalue weighted by Gasteiger charge is 2.37. The van der Waals surface area contributed by atoms with E-state index < -0.39 is 12.2 Å². The maximum atomic E-state index is 14.4. The van der Waals surface area contributed by atoms with Crippen LogP contribution in [0.15, 0.2) is 61.4 Å². The molecule has 4 heterocycles. The van der Waals surface area contributed by atoms with Crippen LogP contribution in [0, 0.1) is 23.5 Å². The molecule has 4 aliphatic rings. The third kappa shape index (κ3) is 5.71. The highest BCUT2D eigenvalue weighted by atomic mass is 19.1. The van der Waals surface area contributed by atoms with Gasteiger partial charge >= 0.3 is 0 Å². The molecular formula is C36H40F2N4O4. The van der Waals surface area contributed by atoms with Gasteiger partial charge in [-0.2, -0.15) is 0 Å². The van der Waals surface area contributed by atoms with Crippen LogP contribution in [-0.4, -0.2) is 58.5 Å². The van der Waals surface area contributed by atoms with Crippen LogP contribution in [-0.2, 0) is 4.79 Å². The molecule has 4 aromatic rings. The van der Waals surface area contributed by atoms with E-state index in [0.29, 0.717) is 36.8 Å². The van der Waals surface area contributed by atoms with Gasteiger partial charge in [-0.25, -0.2) is 18.7 Å². The van der Waals surface area contributed by atoms with E-state index in [0.717, 1.165) is 61.0 Å². The fraction of sp³-hybridized carbons (Fsp3) is 0.472. The summed E-state index contributed by atoms with van der Waals surface area (Å²) in [6.07, 6.45) is 12.3. The maximum absolute atomic E-state index is 14.4. The molecule has 0 radical (unpaired) electrons. The SMILES string of the molecule is O=C1CCC(C(O)CC2c3c(F)cccc3-c3cncn32)CC1.OC1CCC(C(O)CC2c3c(F)cccc3-c3cncn32)CC1. The first kappa shape index (κ1) is 30.9. The van der Waals surface area contributed by atoms with Crippen molar-refractivity contribution >= 4 is 5.78 Å². The van der Waals surface area contributed by atoms with Crippen molar-refractivity contribution < 1.29 is 28.9 Å². The number of aromatic nitrogens is 4. The number of hydrogen-bond donors (Lipinski definition) is 3. The average Bonchev–Trinajstić information content (AvgIpc) is 3.83. The fourth-order valence-corrected chi connectivity index (χ4v) is 8.14. The second-order valence-corrected chi connectivity index (χ2v) is 13.4. The summed E-state index contributed by atoms with van der Waals surface area (Å²) in [5.41, 5.74) is 4.86. The normalized spacial score (nSPS) is 24.8. The van der Waals surface area contributed by atoms with Crippen molar-refractivity contribution in [1.82, 2.24) is 19.1 Å². The number of aliphatic hydroxyl groups excluding tert-OH is 3. The maximum Gasteiger partial charge on any atom is 0.132 e. The smallest absolute Gasteiger partial charge is 0.132 e. The summed E-state index contributed by atoms with van der Waals surface area (Å²) >= 11 is 0. The summed E-state index contributed by atoms with van der Waals surface area (Å²) in [5.74, 6) is 0.129. The van der Waals surface area contributed by atoms with Crippen molar-refractivity contribution in [2.45, 2.75) is 94.6 Å². The van der Waals surface area contributed by atoms with Crippen LogP contribution >= 0.6 is 0 Å². The molecule has 2 aliphatic heterocycles. The minimum absolute atomic E-state index is 0.121. The van der Waals surface area contributed by atoms with Gasteiger partial charge in [0.05, 0.1) is 66.8 Å². The second-order valence-electron chi connectivity index (χ2n) is 13.4. The molecule has 4 atom stereocenters. The van der Waals surface area contributed by atoms with Crippen molar-refractivity contribution in [1.29, 1.82) is 0 Å². The standard InChI is InChI=1S/C18H21FN2O2.C18H19FN2O2/c2*19-14-3-1-2-13-16-9-20-10-21(16)15(18(13)14)8-17(23)11-4-6-12(22)7-5-11/h1-3,9-12,15,17,22-23H,4-8H2;1-3,9-11,15,17,23H,4-8H2. The van der Waals surface area contributed by atoms with Gasteiger partial charge in [-0.1, -0.05) is 24.3 Å². The lowest BCUT2D eigenvalue weighted by atomic mass is 9.81. The van der Waals surface area contributed by atoms with Crippen molar-refractivity contribution in [2.24, 2.45) is 11.8 Å². The first-order valence-electron chi connectivity index (χ1n) is 16.5. The molecule has 2 aromatic heterocycles. The number of imidazole rings is 2. The Bertz CT molecular complexity index is 1700. The largest absolute Gasteiger partial charge is 0.393 e. The molecule has 10 heteroatoms. The molecule has 0 saturated heterocycles. The van der Waals surface area contributed by atoms with Crippen LogP contribution < -0.4 is 0 Å². The van der Waals surface area contributed by atoms with Crippen molar-refractivity contribution in [2.75, 3.05) is 0 Å². The lowest BCUT2D eigenvalue weighted by Gasteiger charge is -2.31. The summed E-state index contributed by atoms with van der Waals surface area (Å²) in [6.45, 7) is 0. The minimum Gasteiger partial charge on any atom is -0.393 e. The number of hydrogen-bond acceptors (Lipinski definition) is 6. The van der Waals surface area contributed by atoms with E-state index in [4.69, 9.17) is 0 Å². The Kier molecular flexibility index (Phi) is 8.61. The Labute approximate surface area is 266 Å². The van der Waals surface area contributed by atoms with Gasteiger partial charge in [-0.05, 0) is 75.3 Å². The van der Waals surface area contributed by atoms with Crippen LogP contribution in [0.4, 0.5) is 8.78 Å². The Balaban J connectivity index is 0.000000147. The van der Waals surface area contributed by atoms with Gasteiger partial charge in [0.25, 0.3) is 0 Å². The predicted octanol–water partition coefficient (Wildman–Crippen LogP) is 6.00. The number of ketones is 1. The van der Waals surface area contributed by atoms with E-state index in [1.165, 1.54) is 12.1 Å². The van der Waals surface area contributed by atoms with E-state index in [2.05, 4.69) is 9.97 Å². The molecule has 3 N–H and O–H groups in total. The zero-order valence-corrected chi connectivity index (χ0v) is 25.7. The summed E-state index contributed by atoms with van der Waals surface area (Å²) in [6, 6.07) is 9.75. The first-order valence-corrected chi connectivity index (χ1v) is 16.5. The number of carbonyl (C=O) groups excluding carboxylic acids is 1. The molecule has 0 bridgehead atoms. The minimum atomic E-state index is -0.533. The van der Waals surface area contributed by atoms with Crippen LogP contribution in [0.25, 0.3) is 22.5 Å². The summed E-state index contributed by atoms with van der Waals surface area (Å²) in [7, 11) is 0. The Morgan fingerprint density at radius 1 is 0.717 bits per heavy atom. The topological polar surface area (TPSA) is 113 Å². The van der Waals surface area contributed by atoms with Crippen molar-refractivity contribution in [3.63, 3.8) is 0 Å². The van der Waals surface area contributed by atoms with E-state index in [9.17, 15) is 28.9 Å². The molecule has 2 fully saturated rings. The van der Waals surface area contributed by atoms with Gasteiger partial charge in [0.2, 0.25) is 0 Å². The highest BCUT2D eigenvalue weighted by Crippen LogP contribution is 2.45. The summed E-state index contributed by atoms with van der Waals surface area (Å²) < 4.78 is 32.7. The summed E-state index contributed by atoms with van der Waals surface area (Å²) in [5, 5.41) is 30.9. The van der Waals surface area contributed by atoms with Gasteiger partial charge in [-0.15, -0.1) is 0 Å². The number of Topliss-reactive ketones (excluding diaryl/α,β-unsaturated/α-hetero) is 1. The van der Waals surface area contributed by atoms with Crippen LogP contribution in [0.5, 0.6) is 0 Å². The number of aliphatic hydroxyl groups is 3. The van der Waals surface area contributed by atoms with Gasteiger partial charge < -0.3 is 24.5 Å². The number of benzene rings is 2. The van der Waals surface area contributed by atoms with Crippen LogP contribution in [0.3, 0.4) is 0 Å². The molecule has 2 saturated carbocycles. The molecule has 8 rings (SSSR count). The number of halogens is 2. The number of fused-ring (bicyclic) bond motifs is 6. The van der Waals surface area contributed by atoms with E-state index in [-0.39, 0.29) is 47.4 Å². The zero-order valence-electron chi connectivity index (χ0n) is 25.7. The second kappa shape index (κ2) is 12.8. The zero-order chi connectivity index (χ0) is 31.9. The van der Waals surface area contributed by atoms with Crippen molar-refractivity contribution in [3.8, 4) is 22.5 Å². The Morgan fingerprint density at radius 3 is 1.65 bits per heavy atom. The number of carbonyl (C=O) groups is 1. The van der Waals surface area contributed by atoms with Crippen molar-refractivity contribution in [3.05, 3.63) is 84.2 Å². The first-order chi connectivity index (χ1) is 22.3. The van der Waals surface area contributed by atoms with Gasteiger partial charge in [-0.3, -0.25) is 4.79 Å². The van der Waals surface area contributed by atoms with E-state index in [1.807, 2.05) is 21.3 Å². The molecule has 8 nitrogen and oxygen atoms in total. The molecular weight excluding hydrogens is 590 g/mol. The highest BCUT2D eigenvalue weighted by molar-refractivity contribution is 5.79. The average molecular weight is 631 g/mol. The molecule has 2 aromatic carbocycles.